The second kappa shape index (κ2) is 35.2. The van der Waals surface area contributed by atoms with E-state index in [9.17, 15) is 19.4 Å². The number of phosphoric ester groups is 1. The Balaban J connectivity index is 4.56. The van der Waals surface area contributed by atoms with Crippen LogP contribution in [0.3, 0.4) is 0 Å². The molecule has 0 spiro atoms. The van der Waals surface area contributed by atoms with Crippen LogP contribution in [-0.4, -0.2) is 73.4 Å². The Morgan fingerprint density at radius 2 is 1.13 bits per heavy atom. The van der Waals surface area contributed by atoms with Crippen molar-refractivity contribution in [1.29, 1.82) is 0 Å². The Bertz CT molecular complexity index is 991. The van der Waals surface area contributed by atoms with Gasteiger partial charge in [0.25, 0.3) is 0 Å². The highest BCUT2D eigenvalue weighted by Gasteiger charge is 2.27. The van der Waals surface area contributed by atoms with Gasteiger partial charge in [0.1, 0.15) is 13.2 Å². The molecule has 0 heterocycles. The number of hydrogen-bond acceptors (Lipinski definition) is 5. The number of quaternary nitrogens is 1. The summed E-state index contributed by atoms with van der Waals surface area (Å²) >= 11 is 0. The summed E-state index contributed by atoms with van der Waals surface area (Å²) in [4.78, 5) is 23.0. The third-order valence-electron chi connectivity index (χ3n) is 9.02. The number of phosphoric acid groups is 1. The maximum atomic E-state index is 12.8. The van der Waals surface area contributed by atoms with Gasteiger partial charge >= 0.3 is 7.82 Å². The molecule has 0 bridgehead atoms. The number of aliphatic hydroxyl groups is 1. The van der Waals surface area contributed by atoms with E-state index in [1.807, 2.05) is 27.2 Å². The quantitative estimate of drug-likeness (QED) is 0.0252. The Kier molecular flexibility index (Phi) is 34.1. The average Bonchev–Trinajstić information content (AvgIpc) is 3.09. The van der Waals surface area contributed by atoms with Gasteiger partial charge in [0.05, 0.1) is 39.9 Å². The molecule has 0 aliphatic heterocycles. The van der Waals surface area contributed by atoms with Crippen LogP contribution in [0.1, 0.15) is 168 Å². The molecular formula is C43H82N2O6P+. The summed E-state index contributed by atoms with van der Waals surface area (Å²) in [7, 11) is 1.54. The number of amides is 1. The Morgan fingerprint density at radius 1 is 0.654 bits per heavy atom. The molecule has 8 nitrogen and oxygen atoms in total. The number of likely N-dealkylation sites (N-methyl/N-ethyl adjacent to an activating group) is 1. The normalized spacial score (nSPS) is 15.0. The predicted molar refractivity (Wildman–Crippen MR) is 221 cm³/mol. The van der Waals surface area contributed by atoms with Crippen molar-refractivity contribution in [3.05, 3.63) is 48.6 Å². The first kappa shape index (κ1) is 50.5. The number of carbonyl (C=O) groups is 1. The van der Waals surface area contributed by atoms with E-state index in [0.29, 0.717) is 17.4 Å². The first-order valence-electron chi connectivity index (χ1n) is 21.0. The molecule has 1 amide bonds. The minimum absolute atomic E-state index is 0.0518. The van der Waals surface area contributed by atoms with Crippen molar-refractivity contribution < 1.29 is 32.9 Å². The van der Waals surface area contributed by atoms with Crippen LogP contribution in [0, 0.1) is 0 Å². The Morgan fingerprint density at radius 3 is 1.71 bits per heavy atom. The highest BCUT2D eigenvalue weighted by Crippen LogP contribution is 2.43. The van der Waals surface area contributed by atoms with E-state index in [0.717, 1.165) is 64.2 Å². The Labute approximate surface area is 320 Å². The standard InChI is InChI=1S/C43H81N2O6P/c1-6-8-10-12-14-16-18-20-22-23-24-26-28-30-32-34-36-42(46)41(40-51-52(48,49)50-39-38-45(3,4)5)44-43(47)37-35-33-31-29-27-25-21-19-17-15-13-11-9-7-2/h13,15,19,21,26,28,34,36,41-42,46H,6-12,14,16-18,20,22-25,27,29-33,35,37-40H2,1-5H3,(H-,44,47,48,49)/p+1/b15-13-,21-19-,28-26+,36-34+. The van der Waals surface area contributed by atoms with Gasteiger partial charge in [-0.05, 0) is 57.8 Å². The van der Waals surface area contributed by atoms with E-state index in [1.165, 1.54) is 83.5 Å². The minimum Gasteiger partial charge on any atom is -0.387 e. The molecule has 0 aliphatic carbocycles. The van der Waals surface area contributed by atoms with Crippen LogP contribution >= 0.6 is 7.82 Å². The smallest absolute Gasteiger partial charge is 0.387 e. The van der Waals surface area contributed by atoms with Crippen LogP contribution in [-0.2, 0) is 18.4 Å². The first-order chi connectivity index (χ1) is 25.0. The largest absolute Gasteiger partial charge is 0.472 e. The topological polar surface area (TPSA) is 105 Å². The van der Waals surface area contributed by atoms with E-state index in [-0.39, 0.29) is 19.1 Å². The van der Waals surface area contributed by atoms with Gasteiger partial charge < -0.3 is 19.8 Å². The van der Waals surface area contributed by atoms with Crippen LogP contribution < -0.4 is 5.32 Å². The molecule has 304 valence electrons. The van der Waals surface area contributed by atoms with Gasteiger partial charge in [0.2, 0.25) is 5.91 Å². The molecule has 52 heavy (non-hydrogen) atoms. The fraction of sp³-hybridized carbons (Fsp3) is 0.791. The molecule has 0 rings (SSSR count). The second-order valence-electron chi connectivity index (χ2n) is 15.4. The molecule has 0 fully saturated rings. The van der Waals surface area contributed by atoms with Crippen LogP contribution in [0.15, 0.2) is 48.6 Å². The van der Waals surface area contributed by atoms with E-state index < -0.39 is 20.0 Å². The number of unbranched alkanes of at least 4 members (excludes halogenated alkanes) is 18. The van der Waals surface area contributed by atoms with E-state index in [2.05, 4.69) is 55.6 Å². The minimum atomic E-state index is -4.35. The average molecular weight is 754 g/mol. The fourth-order valence-electron chi connectivity index (χ4n) is 5.60. The summed E-state index contributed by atoms with van der Waals surface area (Å²) in [6, 6.07) is -0.869. The Hall–Kier alpha value is -1.54. The summed E-state index contributed by atoms with van der Waals surface area (Å²) in [6.07, 6.45) is 43.2. The molecule has 3 atom stereocenters. The third kappa shape index (κ3) is 36.8. The van der Waals surface area contributed by atoms with Gasteiger partial charge in [-0.15, -0.1) is 0 Å². The molecule has 0 aromatic carbocycles. The van der Waals surface area contributed by atoms with Crippen molar-refractivity contribution in [3.63, 3.8) is 0 Å². The van der Waals surface area contributed by atoms with Gasteiger partial charge in [-0.2, -0.15) is 0 Å². The summed E-state index contributed by atoms with van der Waals surface area (Å²) in [5, 5.41) is 13.8. The maximum absolute atomic E-state index is 12.8. The molecule has 0 saturated heterocycles. The van der Waals surface area contributed by atoms with Crippen molar-refractivity contribution in [1.82, 2.24) is 5.32 Å². The molecule has 0 saturated carbocycles. The van der Waals surface area contributed by atoms with Crippen molar-refractivity contribution in [2.45, 2.75) is 180 Å². The SMILES string of the molecule is CCCC/C=C\C/C=C\CCCCCCCC(=O)NC(COP(=O)(O)OCC[N+](C)(C)C)C(O)/C=C/CC/C=C/CCCCCCCCCCCC. The number of rotatable bonds is 37. The van der Waals surface area contributed by atoms with Crippen molar-refractivity contribution in [2.24, 2.45) is 0 Å². The molecular weight excluding hydrogens is 671 g/mol. The molecule has 0 aliphatic rings. The molecule has 3 N–H and O–H groups in total. The molecule has 0 aromatic heterocycles. The van der Waals surface area contributed by atoms with Crippen LogP contribution in [0.4, 0.5) is 0 Å². The molecule has 0 aromatic rings. The lowest BCUT2D eigenvalue weighted by Crippen LogP contribution is -2.45. The summed E-state index contributed by atoms with van der Waals surface area (Å²) < 4.78 is 23.5. The van der Waals surface area contributed by atoms with Gasteiger partial charge in [-0.3, -0.25) is 13.8 Å². The lowest BCUT2D eigenvalue weighted by atomic mass is 10.1. The zero-order valence-corrected chi connectivity index (χ0v) is 35.2. The zero-order valence-electron chi connectivity index (χ0n) is 34.3. The first-order valence-corrected chi connectivity index (χ1v) is 22.5. The summed E-state index contributed by atoms with van der Waals surface area (Å²) in [5.74, 6) is -0.204. The van der Waals surface area contributed by atoms with Gasteiger partial charge in [-0.25, -0.2) is 4.57 Å². The summed E-state index contributed by atoms with van der Waals surface area (Å²) in [6.45, 7) is 4.72. The van der Waals surface area contributed by atoms with Crippen LogP contribution in [0.25, 0.3) is 0 Å². The highest BCUT2D eigenvalue weighted by molar-refractivity contribution is 7.47. The highest BCUT2D eigenvalue weighted by atomic mass is 31.2. The lowest BCUT2D eigenvalue weighted by molar-refractivity contribution is -0.870. The maximum Gasteiger partial charge on any atom is 0.472 e. The fourth-order valence-corrected chi connectivity index (χ4v) is 6.34. The number of nitrogens with zero attached hydrogens (tertiary/aromatic N) is 1. The number of aliphatic hydroxyl groups excluding tert-OH is 1. The molecule has 9 heteroatoms. The van der Waals surface area contributed by atoms with Crippen LogP contribution in [0.2, 0.25) is 0 Å². The third-order valence-corrected chi connectivity index (χ3v) is 10.0. The van der Waals surface area contributed by atoms with E-state index in [4.69, 9.17) is 9.05 Å². The number of allylic oxidation sites excluding steroid dienone is 7. The molecule has 0 radical (unpaired) electrons. The van der Waals surface area contributed by atoms with Crippen molar-refractivity contribution >= 4 is 13.7 Å². The lowest BCUT2D eigenvalue weighted by Gasteiger charge is -2.25. The van der Waals surface area contributed by atoms with Crippen molar-refractivity contribution in [3.8, 4) is 0 Å². The van der Waals surface area contributed by atoms with Gasteiger partial charge in [0.15, 0.2) is 0 Å². The number of hydrogen-bond donors (Lipinski definition) is 3. The van der Waals surface area contributed by atoms with Gasteiger partial charge in [0, 0.05) is 6.42 Å². The molecule has 3 unspecified atom stereocenters. The zero-order chi connectivity index (χ0) is 38.6. The van der Waals surface area contributed by atoms with Crippen LogP contribution in [0.5, 0.6) is 0 Å². The number of carbonyl (C=O) groups excluding carboxylic acids is 1. The van der Waals surface area contributed by atoms with E-state index >= 15 is 0 Å². The second-order valence-corrected chi connectivity index (χ2v) is 16.8. The van der Waals surface area contributed by atoms with Gasteiger partial charge in [-0.1, -0.05) is 152 Å². The predicted octanol–water partition coefficient (Wildman–Crippen LogP) is 11.3. The number of nitrogens with one attached hydrogen (secondary N) is 1. The summed E-state index contributed by atoms with van der Waals surface area (Å²) in [5.41, 5.74) is 0. The van der Waals surface area contributed by atoms with E-state index in [1.54, 1.807) is 6.08 Å². The van der Waals surface area contributed by atoms with Crippen molar-refractivity contribution in [2.75, 3.05) is 40.9 Å². The monoisotopic (exact) mass is 754 g/mol.